The maximum Gasteiger partial charge on any atom is 0.379 e. The monoisotopic (exact) mass is 464 g/mol. The van der Waals surface area contributed by atoms with Gasteiger partial charge in [-0.2, -0.15) is 0 Å². The number of hydrogen-bond acceptors (Lipinski definition) is 5. The van der Waals surface area contributed by atoms with Gasteiger partial charge < -0.3 is 13.9 Å². The van der Waals surface area contributed by atoms with E-state index < -0.39 is 5.97 Å². The Morgan fingerprint density at radius 3 is 2.66 bits per heavy atom. The Bertz CT molecular complexity index is 1450. The summed E-state index contributed by atoms with van der Waals surface area (Å²) in [5.41, 5.74) is 2.23. The Labute approximate surface area is 192 Å². The molecular formula is C25H14Cl2O5. The van der Waals surface area contributed by atoms with E-state index in [4.69, 9.17) is 37.1 Å². The third-order valence-electron chi connectivity index (χ3n) is 5.03. The molecule has 0 saturated heterocycles. The van der Waals surface area contributed by atoms with E-state index >= 15 is 0 Å². The lowest BCUT2D eigenvalue weighted by molar-refractivity contribution is 0.0703. The van der Waals surface area contributed by atoms with E-state index in [-0.39, 0.29) is 23.1 Å². The van der Waals surface area contributed by atoms with Crippen molar-refractivity contribution in [2.45, 2.75) is 6.92 Å². The van der Waals surface area contributed by atoms with E-state index in [2.05, 4.69) is 0 Å². The number of hydrogen-bond donors (Lipinski definition) is 0. The summed E-state index contributed by atoms with van der Waals surface area (Å²) in [7, 11) is 0. The highest BCUT2D eigenvalue weighted by molar-refractivity contribution is 6.32. The highest BCUT2D eigenvalue weighted by Crippen LogP contribution is 2.38. The van der Waals surface area contributed by atoms with Gasteiger partial charge in [-0.25, -0.2) is 4.79 Å². The fraction of sp³-hybridized carbons (Fsp3) is 0.0400. The Balaban J connectivity index is 1.42. The number of furan rings is 1. The van der Waals surface area contributed by atoms with E-state index in [1.165, 1.54) is 6.07 Å². The third kappa shape index (κ3) is 3.66. The fourth-order valence-electron chi connectivity index (χ4n) is 3.54. The van der Waals surface area contributed by atoms with E-state index in [1.807, 2.05) is 6.07 Å². The van der Waals surface area contributed by atoms with Crippen LogP contribution in [0.4, 0.5) is 0 Å². The van der Waals surface area contributed by atoms with Gasteiger partial charge in [0, 0.05) is 21.5 Å². The first kappa shape index (κ1) is 20.4. The van der Waals surface area contributed by atoms with E-state index in [9.17, 15) is 9.59 Å². The molecule has 1 aliphatic rings. The number of benzene rings is 3. The summed E-state index contributed by atoms with van der Waals surface area (Å²) in [6.07, 6.45) is 1.59. The average molecular weight is 465 g/mol. The summed E-state index contributed by atoms with van der Waals surface area (Å²) in [5.74, 6) is -0.202. The topological polar surface area (TPSA) is 65.7 Å². The normalized spacial score (nSPS) is 14.0. The molecule has 5 nitrogen and oxygen atoms in total. The second kappa shape index (κ2) is 7.86. The van der Waals surface area contributed by atoms with Gasteiger partial charge >= 0.3 is 5.97 Å². The van der Waals surface area contributed by atoms with Gasteiger partial charge in [-0.3, -0.25) is 4.79 Å². The molecule has 158 valence electrons. The van der Waals surface area contributed by atoms with Crippen molar-refractivity contribution in [3.05, 3.63) is 98.9 Å². The second-order valence-electron chi connectivity index (χ2n) is 7.26. The molecule has 5 rings (SSSR count). The lowest BCUT2D eigenvalue weighted by atomic mass is 10.0. The number of halogens is 2. The predicted molar refractivity (Wildman–Crippen MR) is 122 cm³/mol. The zero-order valence-corrected chi connectivity index (χ0v) is 18.2. The molecule has 0 saturated carbocycles. The number of allylic oxidation sites excluding steroid dienone is 1. The molecule has 1 aliphatic heterocycles. The van der Waals surface area contributed by atoms with Crippen molar-refractivity contribution in [1.82, 2.24) is 0 Å². The molecule has 0 amide bonds. The minimum atomic E-state index is -0.673. The van der Waals surface area contributed by atoms with Crippen molar-refractivity contribution >= 4 is 52.0 Å². The molecule has 3 aromatic carbocycles. The third-order valence-corrected chi connectivity index (χ3v) is 5.60. The number of ether oxygens (including phenoxy) is 2. The maximum absolute atomic E-state index is 12.8. The van der Waals surface area contributed by atoms with Gasteiger partial charge in [0.05, 0.1) is 5.56 Å². The first-order valence-corrected chi connectivity index (χ1v) is 10.4. The molecule has 7 heteroatoms. The summed E-state index contributed by atoms with van der Waals surface area (Å²) in [4.78, 5) is 25.4. The molecule has 4 aromatic rings. The number of fused-ring (bicyclic) bond motifs is 2. The summed E-state index contributed by atoms with van der Waals surface area (Å²) in [6.45, 7) is 1.75. The molecule has 2 heterocycles. The molecular weight excluding hydrogens is 451 g/mol. The molecule has 1 aromatic heterocycles. The first-order valence-electron chi connectivity index (χ1n) is 9.64. The molecule has 0 aliphatic carbocycles. The smallest absolute Gasteiger partial charge is 0.379 e. The van der Waals surface area contributed by atoms with Crippen molar-refractivity contribution in [2.24, 2.45) is 0 Å². The van der Waals surface area contributed by atoms with Crippen LogP contribution in [0.15, 0.2) is 70.8 Å². The van der Waals surface area contributed by atoms with Crippen molar-refractivity contribution in [2.75, 3.05) is 0 Å². The van der Waals surface area contributed by atoms with Gasteiger partial charge in [0.1, 0.15) is 17.1 Å². The summed E-state index contributed by atoms with van der Waals surface area (Å²) in [6, 6.07) is 16.9. The Morgan fingerprint density at radius 1 is 1.03 bits per heavy atom. The highest BCUT2D eigenvalue weighted by atomic mass is 35.5. The van der Waals surface area contributed by atoms with Gasteiger partial charge in [-0.05, 0) is 60.5 Å². The van der Waals surface area contributed by atoms with E-state index in [0.29, 0.717) is 43.5 Å². The minimum absolute atomic E-state index is 0.0386. The van der Waals surface area contributed by atoms with Crippen molar-refractivity contribution < 1.29 is 23.5 Å². The SMILES string of the molecule is Cc1cc(OC(=O)c2cc3cc(Cl)ccc3o2)cc2c1C(=O)/C(=C/c1ccccc1Cl)O2. The van der Waals surface area contributed by atoms with Gasteiger partial charge in [0.15, 0.2) is 5.76 Å². The van der Waals surface area contributed by atoms with Crippen LogP contribution >= 0.6 is 23.2 Å². The molecule has 32 heavy (non-hydrogen) atoms. The number of ketones is 1. The number of carbonyl (C=O) groups excluding carboxylic acids is 2. The zero-order valence-electron chi connectivity index (χ0n) is 16.6. The van der Waals surface area contributed by atoms with Crippen LogP contribution in [0.1, 0.15) is 32.0 Å². The molecule has 0 spiro atoms. The van der Waals surface area contributed by atoms with Crippen LogP contribution in [-0.2, 0) is 0 Å². The second-order valence-corrected chi connectivity index (χ2v) is 8.10. The number of carbonyl (C=O) groups is 2. The van der Waals surface area contributed by atoms with E-state index in [0.717, 1.165) is 0 Å². The Kier molecular flexibility index (Phi) is 5.00. The van der Waals surface area contributed by atoms with Crippen LogP contribution in [0.3, 0.4) is 0 Å². The largest absolute Gasteiger partial charge is 0.452 e. The maximum atomic E-state index is 12.8. The van der Waals surface area contributed by atoms with Crippen LogP contribution in [0.25, 0.3) is 17.0 Å². The molecule has 0 unspecified atom stereocenters. The lowest BCUT2D eigenvalue weighted by Gasteiger charge is -2.06. The molecule has 0 fully saturated rings. The number of Topliss-reactive ketones (excluding diaryl/α,β-unsaturated/α-hetero) is 1. The lowest BCUT2D eigenvalue weighted by Crippen LogP contribution is -2.07. The highest BCUT2D eigenvalue weighted by Gasteiger charge is 2.30. The molecule has 0 atom stereocenters. The Hall–Kier alpha value is -3.54. The minimum Gasteiger partial charge on any atom is -0.452 e. The van der Waals surface area contributed by atoms with Gasteiger partial charge in [0.2, 0.25) is 11.5 Å². The zero-order chi connectivity index (χ0) is 22.4. The average Bonchev–Trinajstić information content (AvgIpc) is 3.30. The molecule has 0 bridgehead atoms. The summed E-state index contributed by atoms with van der Waals surface area (Å²) < 4.78 is 16.8. The molecule has 0 radical (unpaired) electrons. The first-order chi connectivity index (χ1) is 15.4. The van der Waals surface area contributed by atoms with E-state index in [1.54, 1.807) is 61.5 Å². The standard InChI is InChI=1S/C25H14Cl2O5/c1-13-8-17(30-25(29)22-11-15-9-16(26)6-7-19(15)31-22)12-20-23(13)24(28)21(32-20)10-14-4-2-3-5-18(14)27/h2-12H,1H3/b21-10-. The quantitative estimate of drug-likeness (QED) is 0.187. The van der Waals surface area contributed by atoms with Gasteiger partial charge in [-0.15, -0.1) is 0 Å². The Morgan fingerprint density at radius 2 is 1.84 bits per heavy atom. The number of esters is 1. The van der Waals surface area contributed by atoms with Gasteiger partial charge in [0.25, 0.3) is 0 Å². The van der Waals surface area contributed by atoms with Crippen LogP contribution in [-0.4, -0.2) is 11.8 Å². The number of rotatable bonds is 3. The van der Waals surface area contributed by atoms with Crippen molar-refractivity contribution in [3.8, 4) is 11.5 Å². The fourth-order valence-corrected chi connectivity index (χ4v) is 3.91. The number of aryl methyl sites for hydroxylation is 1. The molecule has 0 N–H and O–H groups in total. The van der Waals surface area contributed by atoms with Crippen LogP contribution < -0.4 is 9.47 Å². The predicted octanol–water partition coefficient (Wildman–Crippen LogP) is 6.88. The summed E-state index contributed by atoms with van der Waals surface area (Å²) >= 11 is 12.2. The van der Waals surface area contributed by atoms with Gasteiger partial charge in [-0.1, -0.05) is 41.4 Å². The van der Waals surface area contributed by atoms with Crippen molar-refractivity contribution in [3.63, 3.8) is 0 Å². The van der Waals surface area contributed by atoms with Crippen molar-refractivity contribution in [1.29, 1.82) is 0 Å². The van der Waals surface area contributed by atoms with Crippen LogP contribution in [0.2, 0.25) is 10.0 Å². The summed E-state index contributed by atoms with van der Waals surface area (Å²) in [5, 5.41) is 1.73. The van der Waals surface area contributed by atoms with Crippen LogP contribution in [0.5, 0.6) is 11.5 Å². The van der Waals surface area contributed by atoms with Crippen LogP contribution in [0, 0.1) is 6.92 Å².